The van der Waals surface area contributed by atoms with Crippen LogP contribution < -0.4 is 0 Å². The number of carbonyl (C=O) groups is 1. The van der Waals surface area contributed by atoms with E-state index in [1.165, 1.54) is 19.3 Å². The topological polar surface area (TPSA) is 26.3 Å². The van der Waals surface area contributed by atoms with Crippen molar-refractivity contribution in [2.24, 2.45) is 23.2 Å². The van der Waals surface area contributed by atoms with Crippen LogP contribution in [0.4, 0.5) is 0 Å². The van der Waals surface area contributed by atoms with E-state index in [-0.39, 0.29) is 22.9 Å². The Morgan fingerprint density at radius 1 is 1.37 bits per heavy atom. The van der Waals surface area contributed by atoms with Crippen LogP contribution in [0.2, 0.25) is 0 Å². The fourth-order valence-corrected chi connectivity index (χ4v) is 3.89. The molecular formula is C17H28O2. The molecule has 0 spiro atoms. The summed E-state index contributed by atoms with van der Waals surface area (Å²) in [5, 5.41) is 0. The molecule has 2 fully saturated rings. The molecule has 4 unspecified atom stereocenters. The van der Waals surface area contributed by atoms with Gasteiger partial charge in [0.1, 0.15) is 5.60 Å². The van der Waals surface area contributed by atoms with E-state index >= 15 is 0 Å². The molecule has 2 aliphatic carbocycles. The molecule has 2 rings (SSSR count). The van der Waals surface area contributed by atoms with Crippen LogP contribution in [0, 0.1) is 23.2 Å². The van der Waals surface area contributed by atoms with Crippen LogP contribution >= 0.6 is 0 Å². The number of ether oxygens (including phenoxy) is 1. The van der Waals surface area contributed by atoms with Crippen LogP contribution in [0.1, 0.15) is 60.3 Å². The summed E-state index contributed by atoms with van der Waals surface area (Å²) >= 11 is 0. The Balaban J connectivity index is 2.07. The van der Waals surface area contributed by atoms with Gasteiger partial charge in [0.25, 0.3) is 0 Å². The molecule has 19 heavy (non-hydrogen) atoms. The molecule has 2 saturated carbocycles. The van der Waals surface area contributed by atoms with Gasteiger partial charge in [0.2, 0.25) is 0 Å². The third kappa shape index (κ3) is 2.88. The van der Waals surface area contributed by atoms with Crippen molar-refractivity contribution in [3.05, 3.63) is 12.2 Å². The molecule has 2 aliphatic rings. The summed E-state index contributed by atoms with van der Waals surface area (Å²) in [7, 11) is 0. The number of esters is 1. The number of allylic oxidation sites excluding steroid dienone is 1. The molecule has 0 aromatic carbocycles. The maximum absolute atomic E-state index is 12.5. The van der Waals surface area contributed by atoms with Gasteiger partial charge in [0.15, 0.2) is 0 Å². The summed E-state index contributed by atoms with van der Waals surface area (Å²) < 4.78 is 5.98. The first kappa shape index (κ1) is 14.6. The zero-order valence-corrected chi connectivity index (χ0v) is 13.0. The summed E-state index contributed by atoms with van der Waals surface area (Å²) in [6.07, 6.45) is 8.83. The Morgan fingerprint density at radius 3 is 2.47 bits per heavy atom. The zero-order valence-electron chi connectivity index (χ0n) is 13.0. The van der Waals surface area contributed by atoms with Crippen molar-refractivity contribution in [2.75, 3.05) is 0 Å². The van der Waals surface area contributed by atoms with Crippen molar-refractivity contribution in [3.8, 4) is 0 Å². The van der Waals surface area contributed by atoms with Gasteiger partial charge in [-0.3, -0.25) is 4.79 Å². The van der Waals surface area contributed by atoms with Gasteiger partial charge in [0, 0.05) is 0 Å². The van der Waals surface area contributed by atoms with Crippen molar-refractivity contribution >= 4 is 5.97 Å². The van der Waals surface area contributed by atoms with Gasteiger partial charge >= 0.3 is 5.97 Å². The number of hydrogen-bond acceptors (Lipinski definition) is 2. The first-order valence-corrected chi connectivity index (χ1v) is 7.62. The number of rotatable bonds is 3. The lowest BCUT2D eigenvalue weighted by molar-refractivity contribution is -0.170. The highest BCUT2D eigenvalue weighted by Crippen LogP contribution is 2.52. The van der Waals surface area contributed by atoms with E-state index in [0.717, 1.165) is 12.3 Å². The lowest BCUT2D eigenvalue weighted by atomic mass is 9.80. The number of carbonyl (C=O) groups excluding carboxylic acids is 1. The summed E-state index contributed by atoms with van der Waals surface area (Å²) in [5.41, 5.74) is -0.289. The van der Waals surface area contributed by atoms with E-state index in [0.29, 0.717) is 5.92 Å². The SMILES string of the molecule is CC=CC(C(=O)OC1(C)CC2CCC1C2)C(C)(C)C. The molecule has 108 valence electrons. The van der Waals surface area contributed by atoms with Crippen molar-refractivity contribution in [1.29, 1.82) is 0 Å². The fourth-order valence-electron chi connectivity index (χ4n) is 3.89. The Kier molecular flexibility index (Phi) is 3.81. The molecule has 2 heteroatoms. The third-order valence-electron chi connectivity index (χ3n) is 5.00. The predicted molar refractivity (Wildman–Crippen MR) is 77.7 cm³/mol. The minimum atomic E-state index is -0.203. The standard InChI is InChI=1S/C17H28O2/c1-6-7-14(16(2,3)4)15(18)19-17(5)11-12-8-9-13(17)10-12/h6-7,12-14H,8-11H2,1-5H3. The van der Waals surface area contributed by atoms with E-state index in [4.69, 9.17) is 4.74 Å². The van der Waals surface area contributed by atoms with Crippen molar-refractivity contribution < 1.29 is 9.53 Å². The lowest BCUT2D eigenvalue weighted by Crippen LogP contribution is -2.41. The zero-order chi connectivity index (χ0) is 14.3. The molecule has 0 aliphatic heterocycles. The van der Waals surface area contributed by atoms with E-state index < -0.39 is 0 Å². The fraction of sp³-hybridized carbons (Fsp3) is 0.824. The van der Waals surface area contributed by atoms with Crippen molar-refractivity contribution in [3.63, 3.8) is 0 Å². The van der Waals surface area contributed by atoms with Crippen LogP contribution in [0.5, 0.6) is 0 Å². The molecule has 2 bridgehead atoms. The first-order chi connectivity index (χ1) is 8.76. The highest BCUT2D eigenvalue weighted by atomic mass is 16.6. The van der Waals surface area contributed by atoms with Gasteiger partial charge in [-0.2, -0.15) is 0 Å². The predicted octanol–water partition coefficient (Wildman–Crippen LogP) is 4.35. The summed E-state index contributed by atoms with van der Waals surface area (Å²) in [4.78, 5) is 12.5. The van der Waals surface area contributed by atoms with E-state index in [1.54, 1.807) is 0 Å². The molecule has 0 aromatic heterocycles. The molecule has 0 saturated heterocycles. The second kappa shape index (κ2) is 4.96. The third-order valence-corrected chi connectivity index (χ3v) is 5.00. The van der Waals surface area contributed by atoms with Crippen LogP contribution in [0.3, 0.4) is 0 Å². The Hall–Kier alpha value is -0.790. The van der Waals surface area contributed by atoms with Gasteiger partial charge in [-0.05, 0) is 56.8 Å². The van der Waals surface area contributed by atoms with E-state index in [2.05, 4.69) is 27.7 Å². The molecule has 0 heterocycles. The van der Waals surface area contributed by atoms with E-state index in [9.17, 15) is 4.79 Å². The Labute approximate surface area is 117 Å². The summed E-state index contributed by atoms with van der Waals surface area (Å²) in [6.45, 7) is 10.4. The van der Waals surface area contributed by atoms with Crippen LogP contribution in [0.25, 0.3) is 0 Å². The monoisotopic (exact) mass is 264 g/mol. The van der Waals surface area contributed by atoms with Crippen LogP contribution in [-0.2, 0) is 9.53 Å². The minimum Gasteiger partial charge on any atom is -0.459 e. The van der Waals surface area contributed by atoms with Gasteiger partial charge < -0.3 is 4.74 Å². The molecular weight excluding hydrogens is 236 g/mol. The average molecular weight is 264 g/mol. The largest absolute Gasteiger partial charge is 0.459 e. The van der Waals surface area contributed by atoms with E-state index in [1.807, 2.05) is 19.1 Å². The second-order valence-corrected chi connectivity index (χ2v) is 7.68. The van der Waals surface area contributed by atoms with Crippen LogP contribution in [0.15, 0.2) is 12.2 Å². The van der Waals surface area contributed by atoms with Crippen molar-refractivity contribution in [1.82, 2.24) is 0 Å². The van der Waals surface area contributed by atoms with Gasteiger partial charge in [-0.1, -0.05) is 32.9 Å². The average Bonchev–Trinajstić information content (AvgIpc) is 2.83. The quantitative estimate of drug-likeness (QED) is 0.559. The highest BCUT2D eigenvalue weighted by molar-refractivity contribution is 5.76. The molecule has 4 atom stereocenters. The van der Waals surface area contributed by atoms with Crippen molar-refractivity contribution in [2.45, 2.75) is 65.9 Å². The van der Waals surface area contributed by atoms with Gasteiger partial charge in [0.05, 0.1) is 5.92 Å². The highest BCUT2D eigenvalue weighted by Gasteiger charge is 2.51. The smallest absolute Gasteiger partial charge is 0.313 e. The molecule has 0 amide bonds. The Morgan fingerprint density at radius 2 is 2.05 bits per heavy atom. The Bertz CT molecular complexity index is 377. The minimum absolute atomic E-state index is 0.0411. The lowest BCUT2D eigenvalue weighted by Gasteiger charge is -2.36. The second-order valence-electron chi connectivity index (χ2n) is 7.68. The summed E-state index contributed by atoms with van der Waals surface area (Å²) in [6, 6.07) is 0. The summed E-state index contributed by atoms with van der Waals surface area (Å²) in [5.74, 6) is 1.19. The number of fused-ring (bicyclic) bond motifs is 2. The molecule has 0 N–H and O–H groups in total. The van der Waals surface area contributed by atoms with Crippen LogP contribution in [-0.4, -0.2) is 11.6 Å². The number of hydrogen-bond donors (Lipinski definition) is 0. The molecule has 0 radical (unpaired) electrons. The maximum atomic E-state index is 12.5. The molecule has 2 nitrogen and oxygen atoms in total. The first-order valence-electron chi connectivity index (χ1n) is 7.62. The normalized spacial score (nSPS) is 35.8. The van der Waals surface area contributed by atoms with Gasteiger partial charge in [-0.15, -0.1) is 0 Å². The van der Waals surface area contributed by atoms with Gasteiger partial charge in [-0.25, -0.2) is 0 Å². The maximum Gasteiger partial charge on any atom is 0.313 e. The molecule has 0 aromatic rings.